The molecule has 0 aliphatic carbocycles. The highest BCUT2D eigenvalue weighted by molar-refractivity contribution is 5.73. The van der Waals surface area contributed by atoms with Crippen molar-refractivity contribution in [1.29, 1.82) is 0 Å². The number of carboxylic acids is 1. The zero-order valence-electron chi connectivity index (χ0n) is 16.0. The minimum atomic E-state index is -1.01. The first-order chi connectivity index (χ1) is 11.2. The maximum atomic E-state index is 12.1. The second-order valence-electron chi connectivity index (χ2n) is 8.45. The zero-order chi connectivity index (χ0) is 19.5. The monoisotopic (exact) mass is 358 g/mol. The first-order valence-corrected chi connectivity index (χ1v) is 8.42. The molecule has 8 heteroatoms. The highest BCUT2D eigenvalue weighted by atomic mass is 16.6. The van der Waals surface area contributed by atoms with E-state index in [4.69, 9.17) is 9.47 Å². The highest BCUT2D eigenvalue weighted by Crippen LogP contribution is 2.27. The first-order valence-electron chi connectivity index (χ1n) is 8.42. The van der Waals surface area contributed by atoms with Gasteiger partial charge in [-0.3, -0.25) is 4.79 Å². The van der Waals surface area contributed by atoms with E-state index >= 15 is 0 Å². The van der Waals surface area contributed by atoms with Gasteiger partial charge in [0.2, 0.25) is 0 Å². The Labute approximate surface area is 148 Å². The maximum Gasteiger partial charge on any atom is 0.410 e. The summed E-state index contributed by atoms with van der Waals surface area (Å²) in [6.45, 7) is 11.2. The molecule has 0 bridgehead atoms. The fourth-order valence-corrected chi connectivity index (χ4v) is 2.60. The first kappa shape index (κ1) is 21.1. The molecule has 2 N–H and O–H groups in total. The lowest BCUT2D eigenvalue weighted by atomic mass is 9.84. The number of alkyl carbamates (subject to hydrolysis) is 1. The number of piperidine rings is 1. The highest BCUT2D eigenvalue weighted by Gasteiger charge is 2.40. The van der Waals surface area contributed by atoms with Crippen molar-refractivity contribution in [2.45, 2.75) is 77.5 Å². The second-order valence-corrected chi connectivity index (χ2v) is 8.45. The summed E-state index contributed by atoms with van der Waals surface area (Å²) in [6, 6.07) is 0. The number of likely N-dealkylation sites (tertiary alicyclic amines) is 1. The molecule has 0 unspecified atom stereocenters. The average molecular weight is 358 g/mol. The van der Waals surface area contributed by atoms with Gasteiger partial charge in [0.05, 0.1) is 12.0 Å². The van der Waals surface area contributed by atoms with Crippen molar-refractivity contribution in [2.75, 3.05) is 13.1 Å². The van der Waals surface area contributed by atoms with Gasteiger partial charge < -0.3 is 24.8 Å². The fraction of sp³-hybridized carbons (Fsp3) is 0.824. The molecule has 25 heavy (non-hydrogen) atoms. The fourth-order valence-electron chi connectivity index (χ4n) is 2.60. The van der Waals surface area contributed by atoms with Crippen LogP contribution in [-0.4, -0.2) is 58.0 Å². The maximum absolute atomic E-state index is 12.1. The van der Waals surface area contributed by atoms with Gasteiger partial charge in [0, 0.05) is 13.1 Å². The molecule has 0 atom stereocenters. The number of ether oxygens (including phenoxy) is 2. The summed E-state index contributed by atoms with van der Waals surface area (Å²) < 4.78 is 10.6. The van der Waals surface area contributed by atoms with Crippen LogP contribution in [0.3, 0.4) is 0 Å². The standard InChI is InChI=1S/C17H30N2O6/c1-15(2,3)24-13(22)18-17(11-12(20)21)7-9-19(10-8-17)14(23)25-16(4,5)6/h7-11H2,1-6H3,(H,18,22)(H,20,21). The summed E-state index contributed by atoms with van der Waals surface area (Å²) in [6.07, 6.45) is -0.683. The topological polar surface area (TPSA) is 105 Å². The summed E-state index contributed by atoms with van der Waals surface area (Å²) in [5.74, 6) is -1.01. The Bertz CT molecular complexity index is 510. The summed E-state index contributed by atoms with van der Waals surface area (Å²) in [7, 11) is 0. The minimum Gasteiger partial charge on any atom is -0.481 e. The number of hydrogen-bond acceptors (Lipinski definition) is 5. The van der Waals surface area contributed by atoms with Gasteiger partial charge in [-0.2, -0.15) is 0 Å². The van der Waals surface area contributed by atoms with E-state index in [-0.39, 0.29) is 6.42 Å². The molecule has 1 aliphatic rings. The lowest BCUT2D eigenvalue weighted by Gasteiger charge is -2.41. The van der Waals surface area contributed by atoms with Gasteiger partial charge in [-0.05, 0) is 54.4 Å². The van der Waals surface area contributed by atoms with Crippen LogP contribution in [0.4, 0.5) is 9.59 Å². The number of amides is 2. The van der Waals surface area contributed by atoms with Crippen LogP contribution >= 0.6 is 0 Å². The molecule has 1 heterocycles. The largest absolute Gasteiger partial charge is 0.481 e. The van der Waals surface area contributed by atoms with Crippen LogP contribution in [0, 0.1) is 0 Å². The third kappa shape index (κ3) is 7.62. The molecule has 0 saturated carbocycles. The predicted octanol–water partition coefficient (Wildman–Crippen LogP) is 2.76. The molecule has 0 radical (unpaired) electrons. The molecular formula is C17H30N2O6. The lowest BCUT2D eigenvalue weighted by Crippen LogP contribution is -2.58. The lowest BCUT2D eigenvalue weighted by molar-refractivity contribution is -0.139. The van der Waals surface area contributed by atoms with E-state index < -0.39 is 34.9 Å². The van der Waals surface area contributed by atoms with Gasteiger partial charge in [0.15, 0.2) is 0 Å². The molecule has 1 rings (SSSR count). The Morgan fingerprint density at radius 2 is 1.48 bits per heavy atom. The van der Waals surface area contributed by atoms with Crippen LogP contribution in [-0.2, 0) is 14.3 Å². The Hall–Kier alpha value is -1.99. The molecule has 144 valence electrons. The van der Waals surface area contributed by atoms with Crippen molar-refractivity contribution in [3.63, 3.8) is 0 Å². The summed E-state index contributed by atoms with van der Waals surface area (Å²) in [5, 5.41) is 11.9. The van der Waals surface area contributed by atoms with Gasteiger partial charge in [-0.15, -0.1) is 0 Å². The normalized spacial score (nSPS) is 17.6. The Balaban J connectivity index is 2.75. The van der Waals surface area contributed by atoms with Gasteiger partial charge in [-0.1, -0.05) is 0 Å². The molecule has 2 amide bonds. The SMILES string of the molecule is CC(C)(C)OC(=O)NC1(CC(=O)O)CCN(C(=O)OC(C)(C)C)CC1. The number of carbonyl (C=O) groups excluding carboxylic acids is 2. The van der Waals surface area contributed by atoms with Gasteiger partial charge >= 0.3 is 18.2 Å². The molecule has 0 spiro atoms. The summed E-state index contributed by atoms with van der Waals surface area (Å²) in [5.41, 5.74) is -2.21. The third-order valence-electron chi connectivity index (χ3n) is 3.63. The van der Waals surface area contributed by atoms with Crippen LogP contribution < -0.4 is 5.32 Å². The zero-order valence-corrected chi connectivity index (χ0v) is 16.0. The molecular weight excluding hydrogens is 328 g/mol. The smallest absolute Gasteiger partial charge is 0.410 e. The van der Waals surface area contributed by atoms with Crippen LogP contribution in [0.2, 0.25) is 0 Å². The number of rotatable bonds is 3. The van der Waals surface area contributed by atoms with Crippen LogP contribution in [0.15, 0.2) is 0 Å². The summed E-state index contributed by atoms with van der Waals surface area (Å²) in [4.78, 5) is 37.0. The minimum absolute atomic E-state index is 0.228. The van der Waals surface area contributed by atoms with E-state index in [0.717, 1.165) is 0 Å². The molecule has 0 aromatic heterocycles. The molecule has 0 aromatic carbocycles. The molecule has 8 nitrogen and oxygen atoms in total. The second kappa shape index (κ2) is 7.49. The van der Waals surface area contributed by atoms with E-state index in [1.165, 1.54) is 4.90 Å². The predicted molar refractivity (Wildman–Crippen MR) is 91.4 cm³/mol. The molecule has 1 fully saturated rings. The van der Waals surface area contributed by atoms with Crippen molar-refractivity contribution < 1.29 is 29.0 Å². The van der Waals surface area contributed by atoms with Crippen LogP contribution in [0.5, 0.6) is 0 Å². The van der Waals surface area contributed by atoms with Crippen molar-refractivity contribution in [3.05, 3.63) is 0 Å². The van der Waals surface area contributed by atoms with Crippen LogP contribution in [0.25, 0.3) is 0 Å². The van der Waals surface area contributed by atoms with E-state index in [9.17, 15) is 19.5 Å². The average Bonchev–Trinajstić information content (AvgIpc) is 2.33. The number of nitrogens with one attached hydrogen (secondary N) is 1. The van der Waals surface area contributed by atoms with Gasteiger partial charge in [-0.25, -0.2) is 9.59 Å². The third-order valence-corrected chi connectivity index (χ3v) is 3.63. The molecule has 1 saturated heterocycles. The van der Waals surface area contributed by atoms with E-state index in [1.807, 2.05) is 0 Å². The quantitative estimate of drug-likeness (QED) is 0.804. The molecule has 1 aliphatic heterocycles. The number of aliphatic carboxylic acids is 1. The van der Waals surface area contributed by atoms with Crippen LogP contribution in [0.1, 0.15) is 60.8 Å². The number of carboxylic acid groups (broad SMARTS) is 1. The molecule has 0 aromatic rings. The summed E-state index contributed by atoms with van der Waals surface area (Å²) >= 11 is 0. The number of hydrogen-bond donors (Lipinski definition) is 2. The van der Waals surface area contributed by atoms with E-state index in [0.29, 0.717) is 25.9 Å². The van der Waals surface area contributed by atoms with Crippen molar-refractivity contribution in [1.82, 2.24) is 10.2 Å². The van der Waals surface area contributed by atoms with E-state index in [1.54, 1.807) is 41.5 Å². The van der Waals surface area contributed by atoms with Crippen molar-refractivity contribution in [2.24, 2.45) is 0 Å². The number of carbonyl (C=O) groups is 3. The Kier molecular flexibility index (Phi) is 6.31. The van der Waals surface area contributed by atoms with Gasteiger partial charge in [0.25, 0.3) is 0 Å². The Morgan fingerprint density at radius 1 is 1.00 bits per heavy atom. The van der Waals surface area contributed by atoms with Crippen molar-refractivity contribution >= 4 is 18.2 Å². The van der Waals surface area contributed by atoms with E-state index in [2.05, 4.69) is 5.32 Å². The number of nitrogens with zero attached hydrogens (tertiary/aromatic N) is 1. The van der Waals surface area contributed by atoms with Crippen molar-refractivity contribution in [3.8, 4) is 0 Å². The van der Waals surface area contributed by atoms with Gasteiger partial charge in [0.1, 0.15) is 11.2 Å². The Morgan fingerprint density at radius 3 is 1.88 bits per heavy atom.